The summed E-state index contributed by atoms with van der Waals surface area (Å²) in [5.41, 5.74) is 5.58. The van der Waals surface area contributed by atoms with E-state index in [-0.39, 0.29) is 24.5 Å². The van der Waals surface area contributed by atoms with Crippen LogP contribution in [0, 0.1) is 0 Å². The maximum Gasteiger partial charge on any atom is 0.313 e. The molecule has 4 nitrogen and oxygen atoms in total. The van der Waals surface area contributed by atoms with E-state index in [0.29, 0.717) is 16.9 Å². The van der Waals surface area contributed by atoms with Gasteiger partial charge in [-0.05, 0) is 12.1 Å². The summed E-state index contributed by atoms with van der Waals surface area (Å²) in [4.78, 5) is 15.4. The molecule has 1 aromatic rings. The van der Waals surface area contributed by atoms with Crippen LogP contribution >= 0.6 is 0 Å². The van der Waals surface area contributed by atoms with Crippen LogP contribution in [-0.2, 0) is 9.53 Å². The van der Waals surface area contributed by atoms with Crippen LogP contribution in [0.3, 0.4) is 0 Å². The summed E-state index contributed by atoms with van der Waals surface area (Å²) in [5.74, 6) is -0.296. The molecule has 0 atom stereocenters. The maximum atomic E-state index is 12.3. The fraction of sp³-hybridized carbons (Fsp3) is 0.167. The minimum absolute atomic E-state index is 0.0437. The van der Waals surface area contributed by atoms with Crippen LogP contribution in [0.15, 0.2) is 41.2 Å². The second kappa shape index (κ2) is 4.88. The van der Waals surface area contributed by atoms with Crippen molar-refractivity contribution in [3.8, 4) is 0 Å². The molecule has 0 aromatic heterocycles. The summed E-state index contributed by atoms with van der Waals surface area (Å²) < 4.78 is 17.6. The molecule has 1 aromatic carbocycles. The Balaban J connectivity index is 2.29. The topological polar surface area (TPSA) is 64.7 Å². The van der Waals surface area contributed by atoms with Crippen molar-refractivity contribution < 1.29 is 13.9 Å². The number of rotatable bonds is 4. The van der Waals surface area contributed by atoms with E-state index >= 15 is 0 Å². The van der Waals surface area contributed by atoms with Crippen molar-refractivity contribution in [3.05, 3.63) is 46.7 Å². The van der Waals surface area contributed by atoms with E-state index in [1.807, 2.05) is 0 Å². The third-order valence-corrected chi connectivity index (χ3v) is 2.38. The fourth-order valence-electron chi connectivity index (χ4n) is 1.48. The highest BCUT2D eigenvalue weighted by atomic mass is 19.1. The first-order valence-electron chi connectivity index (χ1n) is 5.09. The molecule has 0 bridgehead atoms. The van der Waals surface area contributed by atoms with E-state index in [4.69, 9.17) is 10.5 Å². The predicted molar refractivity (Wildman–Crippen MR) is 59.8 cm³/mol. The summed E-state index contributed by atoms with van der Waals surface area (Å²) in [6, 6.07) is 7.02. The average molecular weight is 234 g/mol. The summed E-state index contributed by atoms with van der Waals surface area (Å²) in [6.07, 6.45) is 0.392. The molecule has 88 valence electrons. The Kier molecular flexibility index (Phi) is 3.30. The van der Waals surface area contributed by atoms with Crippen LogP contribution in [0.4, 0.5) is 4.39 Å². The molecular formula is C12H11FN2O2. The summed E-state index contributed by atoms with van der Waals surface area (Å²) in [5, 5.41) is 1.21. The lowest BCUT2D eigenvalue weighted by Crippen LogP contribution is -2.23. The minimum atomic E-state index is -0.443. The van der Waals surface area contributed by atoms with Crippen LogP contribution in [0.5, 0.6) is 0 Å². The number of benzene rings is 1. The molecule has 0 unspecified atom stereocenters. The largest absolute Gasteiger partial charge is 0.483 e. The number of fused-ring (bicyclic) bond motifs is 1. The second-order valence-electron chi connectivity index (χ2n) is 3.52. The van der Waals surface area contributed by atoms with Crippen LogP contribution in [-0.4, -0.2) is 19.1 Å². The van der Waals surface area contributed by atoms with Crippen molar-refractivity contribution in [2.24, 2.45) is 10.7 Å². The zero-order valence-corrected chi connectivity index (χ0v) is 9.02. The molecule has 1 aliphatic rings. The van der Waals surface area contributed by atoms with Gasteiger partial charge in [-0.2, -0.15) is 0 Å². The molecule has 0 radical (unpaired) electrons. The molecule has 0 saturated heterocycles. The van der Waals surface area contributed by atoms with Gasteiger partial charge in [0.2, 0.25) is 0 Å². The molecule has 2 rings (SSSR count). The van der Waals surface area contributed by atoms with Crippen molar-refractivity contribution in [1.29, 1.82) is 0 Å². The zero-order chi connectivity index (χ0) is 12.3. The molecule has 0 fully saturated rings. The normalized spacial score (nSPS) is 14.6. The third-order valence-electron chi connectivity index (χ3n) is 2.38. The zero-order valence-electron chi connectivity index (χ0n) is 9.02. The number of para-hydroxylation sites is 1. The lowest BCUT2D eigenvalue weighted by molar-refractivity contribution is -0.114. The molecule has 1 heterocycles. The van der Waals surface area contributed by atoms with Gasteiger partial charge < -0.3 is 10.5 Å². The van der Waals surface area contributed by atoms with Crippen LogP contribution in [0.25, 0.3) is 5.76 Å². The Labute approximate surface area is 96.9 Å². The molecule has 0 saturated carbocycles. The average Bonchev–Trinajstić information content (AvgIpc) is 2.67. The molecule has 0 spiro atoms. The summed E-state index contributed by atoms with van der Waals surface area (Å²) >= 11 is 0. The van der Waals surface area contributed by atoms with Crippen LogP contribution in [0.2, 0.25) is 0 Å². The Morgan fingerprint density at radius 3 is 2.94 bits per heavy atom. The van der Waals surface area contributed by atoms with Gasteiger partial charge in [-0.1, -0.05) is 12.1 Å². The first-order chi connectivity index (χ1) is 8.26. The molecule has 0 aliphatic carbocycles. The SMILES string of the molecule is NC/C(=C\F)COC1=c2ccccc2=NC1=O. The molecule has 2 N–H and O–H groups in total. The van der Waals surface area contributed by atoms with E-state index in [2.05, 4.69) is 4.99 Å². The first-order valence-corrected chi connectivity index (χ1v) is 5.09. The number of nitrogens with zero attached hydrogens (tertiary/aromatic N) is 1. The molecular weight excluding hydrogens is 223 g/mol. The monoisotopic (exact) mass is 234 g/mol. The summed E-state index contributed by atoms with van der Waals surface area (Å²) in [7, 11) is 0. The predicted octanol–water partition coefficient (Wildman–Crippen LogP) is -0.217. The molecule has 1 aliphatic heterocycles. The number of carbonyl (C=O) groups is 1. The highest BCUT2D eigenvalue weighted by Crippen LogP contribution is 2.05. The minimum Gasteiger partial charge on any atom is -0.483 e. The number of halogens is 1. The summed E-state index contributed by atoms with van der Waals surface area (Å²) in [6.45, 7) is 0.00862. The van der Waals surface area contributed by atoms with Gasteiger partial charge in [-0.15, -0.1) is 0 Å². The van der Waals surface area contributed by atoms with E-state index in [0.717, 1.165) is 0 Å². The third kappa shape index (κ3) is 2.24. The highest BCUT2D eigenvalue weighted by molar-refractivity contribution is 6.12. The van der Waals surface area contributed by atoms with Crippen molar-refractivity contribution in [3.63, 3.8) is 0 Å². The van der Waals surface area contributed by atoms with Crippen molar-refractivity contribution in [2.45, 2.75) is 0 Å². The highest BCUT2D eigenvalue weighted by Gasteiger charge is 2.17. The number of ether oxygens (including phenoxy) is 1. The molecule has 5 heteroatoms. The van der Waals surface area contributed by atoms with Crippen LogP contribution in [0.1, 0.15) is 0 Å². The van der Waals surface area contributed by atoms with Crippen molar-refractivity contribution in [1.82, 2.24) is 0 Å². The van der Waals surface area contributed by atoms with Gasteiger partial charge in [0.15, 0.2) is 5.76 Å². The van der Waals surface area contributed by atoms with Crippen molar-refractivity contribution in [2.75, 3.05) is 13.2 Å². The molecule has 1 amide bonds. The van der Waals surface area contributed by atoms with Gasteiger partial charge in [0, 0.05) is 17.3 Å². The standard InChI is InChI=1S/C12H11FN2O2/c13-5-8(6-14)7-17-11-9-3-1-2-4-10(9)15-12(11)16/h1-5H,6-7,14H2/b8-5+. The van der Waals surface area contributed by atoms with Gasteiger partial charge in [0.25, 0.3) is 0 Å². The van der Waals surface area contributed by atoms with E-state index in [1.165, 1.54) is 0 Å². The Hall–Kier alpha value is -2.01. The lowest BCUT2D eigenvalue weighted by Gasteiger charge is -2.05. The number of carbonyl (C=O) groups excluding carboxylic acids is 1. The first kappa shape index (κ1) is 11.5. The number of hydrogen-bond acceptors (Lipinski definition) is 3. The second-order valence-corrected chi connectivity index (χ2v) is 3.52. The lowest BCUT2D eigenvalue weighted by atomic mass is 10.2. The number of amides is 1. The number of nitrogens with two attached hydrogens (primary N) is 1. The van der Waals surface area contributed by atoms with E-state index in [9.17, 15) is 9.18 Å². The smallest absolute Gasteiger partial charge is 0.313 e. The van der Waals surface area contributed by atoms with E-state index in [1.54, 1.807) is 24.3 Å². The quantitative estimate of drug-likeness (QED) is 0.783. The molecule has 17 heavy (non-hydrogen) atoms. The Bertz CT molecular complexity index is 593. The van der Waals surface area contributed by atoms with Crippen LogP contribution < -0.4 is 16.3 Å². The van der Waals surface area contributed by atoms with Gasteiger partial charge in [-0.25, -0.2) is 9.38 Å². The van der Waals surface area contributed by atoms with Gasteiger partial charge in [0.05, 0.1) is 11.7 Å². The maximum absolute atomic E-state index is 12.3. The van der Waals surface area contributed by atoms with E-state index < -0.39 is 5.91 Å². The van der Waals surface area contributed by atoms with Gasteiger partial charge in [0.1, 0.15) is 6.61 Å². The fourth-order valence-corrected chi connectivity index (χ4v) is 1.48. The Morgan fingerprint density at radius 2 is 2.24 bits per heavy atom. The van der Waals surface area contributed by atoms with Gasteiger partial charge >= 0.3 is 5.91 Å². The Morgan fingerprint density at radius 1 is 1.47 bits per heavy atom. The number of hydrogen-bond donors (Lipinski definition) is 1. The van der Waals surface area contributed by atoms with Gasteiger partial charge in [-0.3, -0.25) is 4.79 Å². The van der Waals surface area contributed by atoms with Crippen molar-refractivity contribution >= 4 is 11.7 Å².